The Morgan fingerprint density at radius 2 is 2.27 bits per heavy atom. The summed E-state index contributed by atoms with van der Waals surface area (Å²) in [5.74, 6) is -0.104. The maximum atomic E-state index is 12.3. The number of nitrogens with one attached hydrogen (secondary N) is 1. The number of aromatic nitrogens is 1. The molecule has 1 rings (SSSR count). The number of H-pyrrole nitrogens is 1. The van der Waals surface area contributed by atoms with Gasteiger partial charge in [0, 0.05) is 17.3 Å². The summed E-state index contributed by atoms with van der Waals surface area (Å²) >= 11 is 5.49. The Labute approximate surface area is 89.3 Å². The van der Waals surface area contributed by atoms with E-state index >= 15 is 0 Å². The molecule has 0 spiro atoms. The van der Waals surface area contributed by atoms with E-state index in [1.165, 1.54) is 0 Å². The van der Waals surface area contributed by atoms with Gasteiger partial charge >= 0.3 is 0 Å². The van der Waals surface area contributed by atoms with Crippen molar-refractivity contribution < 1.29 is 8.78 Å². The lowest BCUT2D eigenvalue weighted by atomic mass is 10.1. The minimum absolute atomic E-state index is 0.104. The van der Waals surface area contributed by atoms with Crippen LogP contribution in [-0.4, -0.2) is 4.98 Å². The molecule has 0 saturated heterocycles. The minimum Gasteiger partial charge on any atom is -0.356 e. The summed E-state index contributed by atoms with van der Waals surface area (Å²) in [6.07, 6.45) is -2.89. The van der Waals surface area contributed by atoms with Crippen molar-refractivity contribution in [1.82, 2.24) is 4.98 Å². The summed E-state index contributed by atoms with van der Waals surface area (Å²) in [5, 5.41) is 8.45. The van der Waals surface area contributed by atoms with Crippen molar-refractivity contribution in [2.75, 3.05) is 0 Å². The van der Waals surface area contributed by atoms with Gasteiger partial charge in [0.2, 0.25) is 0 Å². The first kappa shape index (κ1) is 11.7. The molecule has 0 fully saturated rings. The molecule has 0 aliphatic heterocycles. The summed E-state index contributed by atoms with van der Waals surface area (Å²) < 4.78 is 24.6. The highest BCUT2D eigenvalue weighted by atomic mass is 35.5. The Morgan fingerprint density at radius 3 is 2.73 bits per heavy atom. The molecule has 0 atom stereocenters. The van der Waals surface area contributed by atoms with Crippen LogP contribution in [0.4, 0.5) is 8.78 Å². The molecule has 1 N–H and O–H groups in total. The number of aromatic amines is 1. The second-order valence-corrected chi connectivity index (χ2v) is 3.08. The predicted octanol–water partition coefficient (Wildman–Crippen LogP) is 2.12. The van der Waals surface area contributed by atoms with Gasteiger partial charge in [-0.2, -0.15) is 5.26 Å². The highest BCUT2D eigenvalue weighted by molar-refractivity contribution is 6.17. The molecule has 0 bridgehead atoms. The average Bonchev–Trinajstić information content (AvgIpc) is 2.20. The molecule has 0 saturated carbocycles. The fourth-order valence-electron chi connectivity index (χ4n) is 1.17. The molecule has 0 unspecified atom stereocenters. The molecule has 6 heteroatoms. The Bertz CT molecular complexity index is 450. The van der Waals surface area contributed by atoms with E-state index in [-0.39, 0.29) is 23.6 Å². The molecule has 15 heavy (non-hydrogen) atoms. The molecule has 0 aromatic carbocycles. The normalized spacial score (nSPS) is 10.3. The van der Waals surface area contributed by atoms with Crippen LogP contribution in [0.2, 0.25) is 0 Å². The number of hydrogen-bond acceptors (Lipinski definition) is 2. The lowest BCUT2D eigenvalue weighted by Gasteiger charge is -2.06. The lowest BCUT2D eigenvalue weighted by molar-refractivity contribution is 0.145. The van der Waals surface area contributed by atoms with E-state index in [9.17, 15) is 13.6 Å². The number of nitriles is 1. The Hall–Kier alpha value is -1.41. The standard InChI is InChI=1S/C9H7ClF2N2O/c10-4-7-5(1-2-13)8(15)3-6(14-7)9(11)12/h3,9H,1,4H2,(H,14,15). The zero-order valence-electron chi connectivity index (χ0n) is 7.56. The van der Waals surface area contributed by atoms with Crippen LogP contribution in [0.15, 0.2) is 10.9 Å². The summed E-state index contributed by atoms with van der Waals surface area (Å²) in [7, 11) is 0. The second kappa shape index (κ2) is 4.89. The monoisotopic (exact) mass is 232 g/mol. The van der Waals surface area contributed by atoms with Crippen molar-refractivity contribution in [3.8, 4) is 6.07 Å². The van der Waals surface area contributed by atoms with Gasteiger partial charge in [-0.25, -0.2) is 8.78 Å². The van der Waals surface area contributed by atoms with Gasteiger partial charge in [0.05, 0.1) is 24.1 Å². The zero-order chi connectivity index (χ0) is 11.4. The molecule has 80 valence electrons. The quantitative estimate of drug-likeness (QED) is 0.812. The van der Waals surface area contributed by atoms with E-state index in [0.717, 1.165) is 6.07 Å². The van der Waals surface area contributed by atoms with Gasteiger partial charge in [-0.05, 0) is 0 Å². The highest BCUT2D eigenvalue weighted by Gasteiger charge is 2.14. The Morgan fingerprint density at radius 1 is 1.60 bits per heavy atom. The Balaban J connectivity index is 3.32. The summed E-state index contributed by atoms with van der Waals surface area (Å²) in [6, 6.07) is 2.58. The molecular formula is C9H7ClF2N2O. The van der Waals surface area contributed by atoms with Crippen molar-refractivity contribution in [3.05, 3.63) is 33.2 Å². The van der Waals surface area contributed by atoms with Crippen LogP contribution in [0.25, 0.3) is 0 Å². The first-order valence-electron chi connectivity index (χ1n) is 4.06. The third-order valence-corrected chi connectivity index (χ3v) is 2.14. The van der Waals surface area contributed by atoms with Crippen LogP contribution < -0.4 is 5.43 Å². The molecule has 1 aromatic rings. The topological polar surface area (TPSA) is 56.6 Å². The number of nitrogens with zero attached hydrogens (tertiary/aromatic N) is 1. The van der Waals surface area contributed by atoms with Gasteiger partial charge in [0.15, 0.2) is 5.43 Å². The molecule has 0 aliphatic rings. The van der Waals surface area contributed by atoms with E-state index in [0.29, 0.717) is 0 Å². The lowest BCUT2D eigenvalue weighted by Crippen LogP contribution is -2.14. The molecule has 1 aromatic heterocycles. The van der Waals surface area contributed by atoms with Crippen molar-refractivity contribution >= 4 is 11.6 Å². The van der Waals surface area contributed by atoms with Crippen molar-refractivity contribution in [3.63, 3.8) is 0 Å². The van der Waals surface area contributed by atoms with Gasteiger partial charge < -0.3 is 4.98 Å². The predicted molar refractivity (Wildman–Crippen MR) is 50.9 cm³/mol. The maximum Gasteiger partial charge on any atom is 0.278 e. The van der Waals surface area contributed by atoms with E-state index < -0.39 is 17.5 Å². The SMILES string of the molecule is N#CCc1c(CCl)[nH]c(C(F)F)cc1=O. The number of hydrogen-bond donors (Lipinski definition) is 1. The van der Waals surface area contributed by atoms with Gasteiger partial charge in [0.1, 0.15) is 0 Å². The summed E-state index contributed by atoms with van der Waals surface area (Å²) in [4.78, 5) is 13.7. The first-order chi connectivity index (χ1) is 7.10. The van der Waals surface area contributed by atoms with Crippen LogP contribution >= 0.6 is 11.6 Å². The molecular weight excluding hydrogens is 226 g/mol. The van der Waals surface area contributed by atoms with Crippen molar-refractivity contribution in [1.29, 1.82) is 5.26 Å². The molecule has 0 amide bonds. The number of rotatable bonds is 3. The average molecular weight is 233 g/mol. The smallest absolute Gasteiger partial charge is 0.278 e. The summed E-state index contributed by atoms with van der Waals surface area (Å²) in [6.45, 7) is 0. The number of alkyl halides is 3. The third kappa shape index (κ3) is 2.54. The first-order valence-corrected chi connectivity index (χ1v) is 4.59. The van der Waals surface area contributed by atoms with E-state index in [1.807, 2.05) is 0 Å². The highest BCUT2D eigenvalue weighted by Crippen LogP contribution is 2.17. The minimum atomic E-state index is -2.75. The van der Waals surface area contributed by atoms with Crippen LogP contribution in [0, 0.1) is 11.3 Å². The molecule has 0 radical (unpaired) electrons. The zero-order valence-corrected chi connectivity index (χ0v) is 8.31. The van der Waals surface area contributed by atoms with Crippen LogP contribution in [0.3, 0.4) is 0 Å². The van der Waals surface area contributed by atoms with E-state index in [2.05, 4.69) is 4.98 Å². The Kier molecular flexibility index (Phi) is 3.81. The largest absolute Gasteiger partial charge is 0.356 e. The fraction of sp³-hybridized carbons (Fsp3) is 0.333. The van der Waals surface area contributed by atoms with Crippen LogP contribution in [0.1, 0.15) is 23.4 Å². The van der Waals surface area contributed by atoms with Crippen LogP contribution in [-0.2, 0) is 12.3 Å². The third-order valence-electron chi connectivity index (χ3n) is 1.87. The second-order valence-electron chi connectivity index (χ2n) is 2.82. The van der Waals surface area contributed by atoms with Crippen LogP contribution in [0.5, 0.6) is 0 Å². The van der Waals surface area contributed by atoms with Gasteiger partial charge in [-0.3, -0.25) is 4.79 Å². The van der Waals surface area contributed by atoms with Gasteiger partial charge in [-0.15, -0.1) is 11.6 Å². The van der Waals surface area contributed by atoms with E-state index in [1.54, 1.807) is 6.07 Å². The van der Waals surface area contributed by atoms with Gasteiger partial charge in [-0.1, -0.05) is 0 Å². The summed E-state index contributed by atoms with van der Waals surface area (Å²) in [5.41, 5.74) is -0.725. The fourth-order valence-corrected chi connectivity index (χ4v) is 1.40. The molecule has 3 nitrogen and oxygen atoms in total. The van der Waals surface area contributed by atoms with E-state index in [4.69, 9.17) is 16.9 Å². The number of pyridine rings is 1. The molecule has 0 aliphatic carbocycles. The number of halogens is 3. The van der Waals surface area contributed by atoms with Crippen molar-refractivity contribution in [2.45, 2.75) is 18.7 Å². The van der Waals surface area contributed by atoms with Gasteiger partial charge in [0.25, 0.3) is 6.43 Å². The molecule has 1 heterocycles. The van der Waals surface area contributed by atoms with Crippen molar-refractivity contribution in [2.24, 2.45) is 0 Å². The maximum absolute atomic E-state index is 12.3.